The molecule has 0 amide bonds. The molecule has 4 nitrogen and oxygen atoms in total. The molecule has 1 N–H and O–H groups in total. The van der Waals surface area contributed by atoms with Crippen LogP contribution in [0.15, 0.2) is 28.8 Å². The minimum absolute atomic E-state index is 0.706. The zero-order chi connectivity index (χ0) is 14.8. The van der Waals surface area contributed by atoms with Gasteiger partial charge in [0.25, 0.3) is 0 Å². The molecule has 1 aliphatic carbocycles. The highest BCUT2D eigenvalue weighted by molar-refractivity contribution is 5.53. The van der Waals surface area contributed by atoms with Crippen LogP contribution in [-0.4, -0.2) is 18.1 Å². The van der Waals surface area contributed by atoms with Gasteiger partial charge in [0.1, 0.15) is 11.5 Å². The quantitative estimate of drug-likeness (QED) is 0.885. The first kappa shape index (κ1) is 14.1. The molecule has 0 aliphatic heterocycles. The number of nitrogens with zero attached hydrogens (tertiary/aromatic N) is 2. The van der Waals surface area contributed by atoms with Crippen molar-refractivity contribution >= 4 is 5.69 Å². The van der Waals surface area contributed by atoms with Gasteiger partial charge in [-0.2, -0.15) is 0 Å². The maximum atomic E-state index is 5.68. The number of aromatic nitrogens is 1. The van der Waals surface area contributed by atoms with Gasteiger partial charge in [-0.25, -0.2) is 0 Å². The molecule has 2 heterocycles. The number of rotatable bonds is 6. The molecule has 1 aliphatic rings. The van der Waals surface area contributed by atoms with Crippen LogP contribution >= 0.6 is 0 Å². The van der Waals surface area contributed by atoms with E-state index in [1.807, 2.05) is 32.2 Å². The average molecular weight is 285 g/mol. The second-order valence-corrected chi connectivity index (χ2v) is 5.98. The Bertz CT molecular complexity index is 616. The predicted molar refractivity (Wildman–Crippen MR) is 84.4 cm³/mol. The SMILES string of the molecule is Cc1cc(N(C)Cc2ccc(C)o2)c(CNC2CC2)cn1. The average Bonchev–Trinajstić information content (AvgIpc) is 3.20. The Morgan fingerprint density at radius 3 is 2.81 bits per heavy atom. The Balaban J connectivity index is 1.75. The first-order valence-electron chi connectivity index (χ1n) is 7.57. The van der Waals surface area contributed by atoms with Crippen molar-refractivity contribution < 1.29 is 4.42 Å². The maximum absolute atomic E-state index is 5.68. The van der Waals surface area contributed by atoms with Crippen LogP contribution in [0.2, 0.25) is 0 Å². The predicted octanol–water partition coefficient (Wildman–Crippen LogP) is 3.18. The van der Waals surface area contributed by atoms with Crippen LogP contribution < -0.4 is 10.2 Å². The van der Waals surface area contributed by atoms with E-state index >= 15 is 0 Å². The molecule has 0 bridgehead atoms. The van der Waals surface area contributed by atoms with Crippen LogP contribution in [0.25, 0.3) is 0 Å². The molecule has 21 heavy (non-hydrogen) atoms. The number of pyridine rings is 1. The van der Waals surface area contributed by atoms with Gasteiger partial charge in [-0.1, -0.05) is 0 Å². The van der Waals surface area contributed by atoms with E-state index in [1.165, 1.54) is 24.1 Å². The highest BCUT2D eigenvalue weighted by Gasteiger charge is 2.21. The normalized spacial score (nSPS) is 14.4. The number of hydrogen-bond donors (Lipinski definition) is 1. The van der Waals surface area contributed by atoms with Crippen molar-refractivity contribution in [2.45, 2.75) is 45.8 Å². The third-order valence-electron chi connectivity index (χ3n) is 3.86. The lowest BCUT2D eigenvalue weighted by molar-refractivity contribution is 0.481. The molecule has 0 radical (unpaired) electrons. The fourth-order valence-corrected chi connectivity index (χ4v) is 2.50. The Morgan fingerprint density at radius 1 is 1.33 bits per heavy atom. The summed E-state index contributed by atoms with van der Waals surface area (Å²) in [6, 6.07) is 6.91. The van der Waals surface area contributed by atoms with Gasteiger partial charge in [0, 0.05) is 42.8 Å². The van der Waals surface area contributed by atoms with Crippen LogP contribution in [0.1, 0.15) is 35.6 Å². The zero-order valence-electron chi connectivity index (χ0n) is 13.0. The summed E-state index contributed by atoms with van der Waals surface area (Å²) < 4.78 is 5.68. The molecular weight excluding hydrogens is 262 g/mol. The highest BCUT2D eigenvalue weighted by Crippen LogP contribution is 2.24. The summed E-state index contributed by atoms with van der Waals surface area (Å²) in [5.41, 5.74) is 3.52. The summed E-state index contributed by atoms with van der Waals surface area (Å²) >= 11 is 0. The van der Waals surface area contributed by atoms with Crippen LogP contribution in [0.3, 0.4) is 0 Å². The molecule has 0 unspecified atom stereocenters. The van der Waals surface area contributed by atoms with Crippen molar-refractivity contribution in [1.82, 2.24) is 10.3 Å². The van der Waals surface area contributed by atoms with Gasteiger partial charge < -0.3 is 14.6 Å². The maximum Gasteiger partial charge on any atom is 0.123 e. The van der Waals surface area contributed by atoms with E-state index < -0.39 is 0 Å². The lowest BCUT2D eigenvalue weighted by Crippen LogP contribution is -2.22. The van der Waals surface area contributed by atoms with E-state index in [-0.39, 0.29) is 0 Å². The monoisotopic (exact) mass is 285 g/mol. The largest absolute Gasteiger partial charge is 0.464 e. The van der Waals surface area contributed by atoms with Crippen LogP contribution in [0, 0.1) is 13.8 Å². The Morgan fingerprint density at radius 2 is 2.14 bits per heavy atom. The third kappa shape index (κ3) is 3.64. The third-order valence-corrected chi connectivity index (χ3v) is 3.86. The Labute approximate surface area is 126 Å². The number of nitrogens with one attached hydrogen (secondary N) is 1. The molecule has 0 atom stereocenters. The molecule has 2 aromatic heterocycles. The van der Waals surface area contributed by atoms with E-state index in [4.69, 9.17) is 4.42 Å². The van der Waals surface area contributed by atoms with Crippen molar-refractivity contribution in [3.8, 4) is 0 Å². The van der Waals surface area contributed by atoms with Crippen LogP contribution in [0.5, 0.6) is 0 Å². The summed E-state index contributed by atoms with van der Waals surface area (Å²) in [5, 5.41) is 3.57. The minimum atomic E-state index is 0.706. The molecule has 1 fully saturated rings. The first-order chi connectivity index (χ1) is 10.1. The van der Waals surface area contributed by atoms with Gasteiger partial charge in [-0.3, -0.25) is 4.98 Å². The fourth-order valence-electron chi connectivity index (χ4n) is 2.50. The van der Waals surface area contributed by atoms with E-state index in [9.17, 15) is 0 Å². The highest BCUT2D eigenvalue weighted by atomic mass is 16.3. The second kappa shape index (κ2) is 5.90. The van der Waals surface area contributed by atoms with E-state index in [0.29, 0.717) is 6.04 Å². The smallest absolute Gasteiger partial charge is 0.123 e. The van der Waals surface area contributed by atoms with E-state index in [1.54, 1.807) is 0 Å². The molecule has 2 aromatic rings. The minimum Gasteiger partial charge on any atom is -0.464 e. The number of anilines is 1. The van der Waals surface area contributed by atoms with Gasteiger partial charge in [0.2, 0.25) is 0 Å². The Hall–Kier alpha value is -1.81. The number of hydrogen-bond acceptors (Lipinski definition) is 4. The van der Waals surface area contributed by atoms with Crippen LogP contribution in [-0.2, 0) is 13.1 Å². The van der Waals surface area contributed by atoms with Crippen molar-refractivity contribution in [2.24, 2.45) is 0 Å². The summed E-state index contributed by atoms with van der Waals surface area (Å²) in [4.78, 5) is 6.67. The van der Waals surface area contributed by atoms with Gasteiger partial charge in [0.05, 0.1) is 6.54 Å². The Kier molecular flexibility index (Phi) is 3.97. The first-order valence-corrected chi connectivity index (χ1v) is 7.57. The van der Waals surface area contributed by atoms with Crippen molar-refractivity contribution in [3.63, 3.8) is 0 Å². The summed E-state index contributed by atoms with van der Waals surface area (Å²) in [5.74, 6) is 1.95. The number of aryl methyl sites for hydroxylation is 2. The summed E-state index contributed by atoms with van der Waals surface area (Å²) in [6.45, 7) is 5.67. The molecule has 3 rings (SSSR count). The number of furan rings is 1. The summed E-state index contributed by atoms with van der Waals surface area (Å²) in [7, 11) is 2.10. The molecule has 112 valence electrons. The molecule has 0 aromatic carbocycles. The molecule has 0 saturated heterocycles. The van der Waals surface area contributed by atoms with Gasteiger partial charge in [-0.15, -0.1) is 0 Å². The lowest BCUT2D eigenvalue weighted by atomic mass is 10.2. The molecule has 1 saturated carbocycles. The molecule has 4 heteroatoms. The zero-order valence-corrected chi connectivity index (χ0v) is 13.0. The van der Waals surface area contributed by atoms with Gasteiger partial charge in [0.15, 0.2) is 0 Å². The topological polar surface area (TPSA) is 41.3 Å². The van der Waals surface area contributed by atoms with Crippen molar-refractivity contribution in [3.05, 3.63) is 47.2 Å². The van der Waals surface area contributed by atoms with Crippen molar-refractivity contribution in [1.29, 1.82) is 0 Å². The van der Waals surface area contributed by atoms with Crippen molar-refractivity contribution in [2.75, 3.05) is 11.9 Å². The standard InChI is InChI=1S/C17H23N3O/c1-12-8-17(14(9-18-12)10-19-15-5-6-15)20(3)11-16-7-4-13(2)21-16/h4,7-9,15,19H,5-6,10-11H2,1-3H3. The summed E-state index contributed by atoms with van der Waals surface area (Å²) in [6.07, 6.45) is 4.59. The van der Waals surface area contributed by atoms with Gasteiger partial charge in [-0.05, 0) is 44.9 Å². The second-order valence-electron chi connectivity index (χ2n) is 5.98. The lowest BCUT2D eigenvalue weighted by Gasteiger charge is -2.22. The molecule has 0 spiro atoms. The molecular formula is C17H23N3O. The van der Waals surface area contributed by atoms with Crippen LogP contribution in [0.4, 0.5) is 5.69 Å². The fraction of sp³-hybridized carbons (Fsp3) is 0.471. The van der Waals surface area contributed by atoms with E-state index in [0.717, 1.165) is 30.3 Å². The van der Waals surface area contributed by atoms with Gasteiger partial charge >= 0.3 is 0 Å². The van der Waals surface area contributed by atoms with E-state index in [2.05, 4.69) is 28.3 Å².